The number of nitrogens with one attached hydrogen (secondary N) is 1. The van der Waals surface area contributed by atoms with Crippen molar-refractivity contribution in [3.63, 3.8) is 0 Å². The fraction of sp³-hybridized carbons (Fsp3) is 0.286. The van der Waals surface area contributed by atoms with Crippen LogP contribution in [0, 0.1) is 20.8 Å². The summed E-state index contributed by atoms with van der Waals surface area (Å²) in [4.78, 5) is 32.9. The number of carbonyl (C=O) groups excluding carboxylic acids is 1. The van der Waals surface area contributed by atoms with Crippen molar-refractivity contribution in [3.8, 4) is 0 Å². The van der Waals surface area contributed by atoms with Gasteiger partial charge in [0.1, 0.15) is 11.0 Å². The van der Waals surface area contributed by atoms with Crippen LogP contribution in [0.3, 0.4) is 0 Å². The summed E-state index contributed by atoms with van der Waals surface area (Å²) in [6.07, 6.45) is 1.78. The minimum atomic E-state index is -0.212. The molecule has 9 heteroatoms. The lowest BCUT2D eigenvalue weighted by molar-refractivity contribution is 0.102. The number of hydrogen-bond donors (Lipinski definition) is 1. The Morgan fingerprint density at radius 1 is 1.07 bits per heavy atom. The topological polar surface area (TPSA) is 83.9 Å². The maximum Gasteiger partial charge on any atom is 0.259 e. The van der Waals surface area contributed by atoms with Gasteiger partial charge >= 0.3 is 0 Å². The Bertz CT molecular complexity index is 1130. The average molecular weight is 441 g/mol. The molecule has 154 valence electrons. The molecule has 0 radical (unpaired) electrons. The first-order valence-electron chi connectivity index (χ1n) is 9.55. The Kier molecular flexibility index (Phi) is 5.62. The third-order valence-corrected chi connectivity index (χ3v) is 5.84. The van der Waals surface area contributed by atoms with Gasteiger partial charge in [-0.1, -0.05) is 23.4 Å². The number of aromatic nitrogens is 4. The van der Waals surface area contributed by atoms with Gasteiger partial charge in [-0.15, -0.1) is 0 Å². The van der Waals surface area contributed by atoms with Gasteiger partial charge < -0.3 is 10.2 Å². The van der Waals surface area contributed by atoms with Gasteiger partial charge in [0.25, 0.3) is 5.91 Å². The first-order valence-corrected chi connectivity index (χ1v) is 10.9. The fourth-order valence-corrected chi connectivity index (χ4v) is 4.53. The van der Waals surface area contributed by atoms with Crippen molar-refractivity contribution in [2.45, 2.75) is 38.6 Å². The van der Waals surface area contributed by atoms with E-state index in [4.69, 9.17) is 11.6 Å². The molecule has 3 aromatic rings. The van der Waals surface area contributed by atoms with Crippen LogP contribution in [-0.4, -0.2) is 32.4 Å². The highest BCUT2D eigenvalue weighted by Crippen LogP contribution is 2.38. The first-order chi connectivity index (χ1) is 14.4. The van der Waals surface area contributed by atoms with Gasteiger partial charge in [-0.3, -0.25) is 4.79 Å². The van der Waals surface area contributed by atoms with Crippen LogP contribution in [-0.2, 0) is 5.75 Å². The van der Waals surface area contributed by atoms with Gasteiger partial charge in [-0.05, 0) is 57.0 Å². The number of aryl methyl sites for hydroxylation is 3. The maximum atomic E-state index is 13.0. The summed E-state index contributed by atoms with van der Waals surface area (Å²) in [6.45, 7) is 8.39. The maximum absolute atomic E-state index is 13.0. The van der Waals surface area contributed by atoms with Crippen molar-refractivity contribution >= 4 is 46.6 Å². The number of carbonyl (C=O) groups is 1. The van der Waals surface area contributed by atoms with Gasteiger partial charge in [0.2, 0.25) is 0 Å². The Labute approximate surface area is 184 Å². The largest absolute Gasteiger partial charge is 0.318 e. The number of nitrogens with zero attached hydrogens (tertiary/aromatic N) is 5. The Hall–Kier alpha value is -2.71. The molecule has 0 atom stereocenters. The fourth-order valence-electron chi connectivity index (χ4n) is 3.41. The molecule has 1 N–H and O–H groups in total. The molecular weight excluding hydrogens is 420 g/mol. The Balaban J connectivity index is 1.68. The van der Waals surface area contributed by atoms with Crippen molar-refractivity contribution in [2.24, 2.45) is 0 Å². The van der Waals surface area contributed by atoms with Crippen LogP contribution in [0.2, 0.25) is 5.15 Å². The lowest BCUT2D eigenvalue weighted by atomic mass is 10.2. The van der Waals surface area contributed by atoms with Gasteiger partial charge in [0.05, 0.1) is 11.3 Å². The summed E-state index contributed by atoms with van der Waals surface area (Å²) in [7, 11) is 0. The van der Waals surface area contributed by atoms with E-state index in [9.17, 15) is 4.79 Å². The van der Waals surface area contributed by atoms with Crippen molar-refractivity contribution < 1.29 is 4.79 Å². The van der Waals surface area contributed by atoms with Gasteiger partial charge in [-0.2, -0.15) is 0 Å². The van der Waals surface area contributed by atoms with Crippen LogP contribution < -0.4 is 10.2 Å². The molecule has 7 nitrogen and oxygen atoms in total. The lowest BCUT2D eigenvalue weighted by Gasteiger charge is -2.23. The van der Waals surface area contributed by atoms with Crippen LogP contribution in [0.5, 0.6) is 0 Å². The quantitative estimate of drug-likeness (QED) is 0.352. The van der Waals surface area contributed by atoms with Crippen LogP contribution >= 0.6 is 23.4 Å². The summed E-state index contributed by atoms with van der Waals surface area (Å²) < 4.78 is 0. The van der Waals surface area contributed by atoms with Crippen molar-refractivity contribution in [1.82, 2.24) is 19.9 Å². The highest BCUT2D eigenvalue weighted by Gasteiger charge is 2.28. The minimum absolute atomic E-state index is 0.212. The van der Waals surface area contributed by atoms with E-state index in [1.807, 2.05) is 44.7 Å². The van der Waals surface area contributed by atoms with Gasteiger partial charge in [0.15, 0.2) is 11.0 Å². The predicted molar refractivity (Wildman–Crippen MR) is 120 cm³/mol. The third-order valence-electron chi connectivity index (χ3n) is 4.73. The summed E-state index contributed by atoms with van der Waals surface area (Å²) >= 11 is 7.70. The summed E-state index contributed by atoms with van der Waals surface area (Å²) in [5, 5.41) is 4.07. The molecule has 30 heavy (non-hydrogen) atoms. The van der Waals surface area contributed by atoms with Crippen LogP contribution in [0.15, 0.2) is 29.6 Å². The molecule has 0 bridgehead atoms. The van der Waals surface area contributed by atoms with Crippen molar-refractivity contribution in [3.05, 3.63) is 57.6 Å². The molecule has 0 saturated heterocycles. The predicted octanol–water partition coefficient (Wildman–Crippen LogP) is 4.86. The zero-order valence-corrected chi connectivity index (χ0v) is 18.7. The minimum Gasteiger partial charge on any atom is -0.318 e. The van der Waals surface area contributed by atoms with E-state index in [-0.39, 0.29) is 5.91 Å². The number of hydrogen-bond acceptors (Lipinski definition) is 7. The molecule has 0 saturated carbocycles. The second-order valence-corrected chi connectivity index (χ2v) is 8.43. The molecule has 0 fully saturated rings. The number of halogens is 1. The molecule has 0 aromatic carbocycles. The Morgan fingerprint density at radius 2 is 1.80 bits per heavy atom. The van der Waals surface area contributed by atoms with E-state index >= 15 is 0 Å². The highest BCUT2D eigenvalue weighted by atomic mass is 35.5. The zero-order chi connectivity index (χ0) is 21.4. The van der Waals surface area contributed by atoms with Gasteiger partial charge in [0, 0.05) is 29.9 Å². The zero-order valence-electron chi connectivity index (χ0n) is 17.2. The van der Waals surface area contributed by atoms with E-state index in [1.54, 1.807) is 12.3 Å². The highest BCUT2D eigenvalue weighted by molar-refractivity contribution is 7.98. The standard InChI is InChI=1S/C21H21ClN6OS/c1-5-28-18-15(20(29)27-17-11(2)6-16(22)26-19(17)28)8-14(9-23-18)10-30-21-24-12(3)7-13(4)25-21/h6-9H,5,10H2,1-4H3,(H,27,29). The molecule has 0 unspecified atom stereocenters. The second-order valence-electron chi connectivity index (χ2n) is 7.10. The van der Waals surface area contributed by atoms with Gasteiger partial charge in [-0.25, -0.2) is 19.9 Å². The monoisotopic (exact) mass is 440 g/mol. The first kappa shape index (κ1) is 20.6. The molecule has 0 spiro atoms. The molecule has 0 aliphatic carbocycles. The summed E-state index contributed by atoms with van der Waals surface area (Å²) in [5.41, 5.74) is 4.80. The molecular formula is C21H21ClN6OS. The molecule has 4 rings (SSSR count). The SMILES string of the molecule is CCN1c2ncc(CSc3nc(C)cc(C)n3)cc2C(=O)Nc2c(C)cc(Cl)nc21. The molecule has 1 amide bonds. The summed E-state index contributed by atoms with van der Waals surface area (Å²) in [6, 6.07) is 5.56. The number of fused-ring (bicyclic) bond motifs is 2. The van der Waals surface area contributed by atoms with E-state index < -0.39 is 0 Å². The third kappa shape index (κ3) is 3.97. The second kappa shape index (κ2) is 8.20. The molecule has 1 aliphatic heterocycles. The van der Waals surface area contributed by atoms with E-state index in [0.29, 0.717) is 45.5 Å². The molecule has 4 heterocycles. The van der Waals surface area contributed by atoms with Crippen LogP contribution in [0.25, 0.3) is 0 Å². The normalized spacial score (nSPS) is 12.8. The number of rotatable bonds is 4. The molecule has 1 aliphatic rings. The number of amides is 1. The van der Waals surface area contributed by atoms with Crippen molar-refractivity contribution in [1.29, 1.82) is 0 Å². The molecule has 3 aromatic heterocycles. The number of anilines is 3. The average Bonchev–Trinajstić information content (AvgIpc) is 2.80. The van der Waals surface area contributed by atoms with E-state index in [0.717, 1.165) is 22.5 Å². The summed E-state index contributed by atoms with van der Waals surface area (Å²) in [5.74, 6) is 1.57. The lowest BCUT2D eigenvalue weighted by Crippen LogP contribution is -2.20. The van der Waals surface area contributed by atoms with Crippen LogP contribution in [0.4, 0.5) is 17.3 Å². The smallest absolute Gasteiger partial charge is 0.259 e. The van der Waals surface area contributed by atoms with E-state index in [2.05, 4.69) is 25.3 Å². The van der Waals surface area contributed by atoms with Crippen LogP contribution in [0.1, 0.15) is 39.8 Å². The van der Waals surface area contributed by atoms with E-state index in [1.165, 1.54) is 11.8 Å². The number of pyridine rings is 2. The van der Waals surface area contributed by atoms with Crippen molar-refractivity contribution in [2.75, 3.05) is 16.8 Å². The Morgan fingerprint density at radius 3 is 2.50 bits per heavy atom. The number of thioether (sulfide) groups is 1.